The maximum Gasteiger partial charge on any atom is 0.416 e. The molecule has 0 unspecified atom stereocenters. The fourth-order valence-electron chi connectivity index (χ4n) is 2.37. The first-order valence-corrected chi connectivity index (χ1v) is 6.21. The molecule has 0 aliphatic carbocycles. The summed E-state index contributed by atoms with van der Waals surface area (Å²) in [5, 5.41) is 1.00. The molecule has 0 aliphatic heterocycles. The van der Waals surface area contributed by atoms with Gasteiger partial charge in [0.15, 0.2) is 0 Å². The van der Waals surface area contributed by atoms with Crippen molar-refractivity contribution in [2.24, 2.45) is 0 Å². The number of aryl methyl sites for hydroxylation is 1. The highest BCUT2D eigenvalue weighted by Gasteiger charge is 2.32. The second-order valence-corrected chi connectivity index (χ2v) is 4.74. The average Bonchev–Trinajstić information content (AvgIpc) is 2.82. The highest BCUT2D eigenvalue weighted by molar-refractivity contribution is 5.81. The maximum atomic E-state index is 13.0. The number of fused-ring (bicyclic) bond motifs is 1. The number of alkyl halides is 3. The third-order valence-corrected chi connectivity index (χ3v) is 3.40. The van der Waals surface area contributed by atoms with Crippen molar-refractivity contribution in [3.05, 3.63) is 65.9 Å². The standard InChI is InChI=1S/C16H12F3N/c1-11-6-7-13(10-14(11)16(17,18)19)20-9-8-12-4-2-3-5-15(12)20/h2-10H,1H3. The van der Waals surface area contributed by atoms with Crippen LogP contribution in [0.4, 0.5) is 13.2 Å². The summed E-state index contributed by atoms with van der Waals surface area (Å²) in [7, 11) is 0. The average molecular weight is 275 g/mol. The van der Waals surface area contributed by atoms with Crippen molar-refractivity contribution >= 4 is 10.9 Å². The van der Waals surface area contributed by atoms with Gasteiger partial charge in [0, 0.05) is 11.9 Å². The summed E-state index contributed by atoms with van der Waals surface area (Å²) in [5.74, 6) is 0. The Morgan fingerprint density at radius 2 is 1.70 bits per heavy atom. The lowest BCUT2D eigenvalue weighted by atomic mass is 10.1. The minimum Gasteiger partial charge on any atom is -0.317 e. The van der Waals surface area contributed by atoms with Gasteiger partial charge in [0.05, 0.1) is 11.1 Å². The number of benzene rings is 2. The van der Waals surface area contributed by atoms with Crippen LogP contribution in [-0.4, -0.2) is 4.57 Å². The zero-order chi connectivity index (χ0) is 14.3. The van der Waals surface area contributed by atoms with Gasteiger partial charge in [-0.1, -0.05) is 24.3 Å². The molecule has 1 heterocycles. The summed E-state index contributed by atoms with van der Waals surface area (Å²) in [4.78, 5) is 0. The molecule has 3 rings (SSSR count). The Kier molecular flexibility index (Phi) is 2.82. The summed E-state index contributed by atoms with van der Waals surface area (Å²) < 4.78 is 40.7. The Morgan fingerprint density at radius 3 is 2.45 bits per heavy atom. The zero-order valence-corrected chi connectivity index (χ0v) is 10.8. The van der Waals surface area contributed by atoms with Gasteiger partial charge < -0.3 is 4.57 Å². The summed E-state index contributed by atoms with van der Waals surface area (Å²) in [6.45, 7) is 1.47. The highest BCUT2D eigenvalue weighted by Crippen LogP contribution is 2.33. The molecule has 2 aromatic carbocycles. The summed E-state index contributed by atoms with van der Waals surface area (Å²) in [6, 6.07) is 13.9. The fourth-order valence-corrected chi connectivity index (χ4v) is 2.37. The molecule has 0 spiro atoms. The minimum absolute atomic E-state index is 0.234. The van der Waals surface area contributed by atoms with E-state index in [0.29, 0.717) is 5.69 Å². The quantitative estimate of drug-likeness (QED) is 0.591. The first-order chi connectivity index (χ1) is 9.47. The molecule has 0 atom stereocenters. The van der Waals surface area contributed by atoms with Crippen molar-refractivity contribution in [2.45, 2.75) is 13.1 Å². The Morgan fingerprint density at radius 1 is 0.950 bits per heavy atom. The Hall–Kier alpha value is -2.23. The number of nitrogens with zero attached hydrogens (tertiary/aromatic N) is 1. The molecule has 0 amide bonds. The SMILES string of the molecule is Cc1ccc(-n2ccc3ccccc32)cc1C(F)(F)F. The number of aromatic nitrogens is 1. The molecule has 0 fully saturated rings. The predicted molar refractivity (Wildman–Crippen MR) is 73.0 cm³/mol. The first-order valence-electron chi connectivity index (χ1n) is 6.21. The second-order valence-electron chi connectivity index (χ2n) is 4.74. The molecule has 4 heteroatoms. The van der Waals surface area contributed by atoms with E-state index < -0.39 is 11.7 Å². The molecular formula is C16H12F3N. The van der Waals surface area contributed by atoms with E-state index in [1.165, 1.54) is 19.1 Å². The number of halogens is 3. The van der Waals surface area contributed by atoms with E-state index in [0.717, 1.165) is 10.9 Å². The van der Waals surface area contributed by atoms with Crippen molar-refractivity contribution in [3.63, 3.8) is 0 Å². The van der Waals surface area contributed by atoms with Crippen molar-refractivity contribution in [1.82, 2.24) is 4.57 Å². The molecule has 1 aromatic heterocycles. The molecule has 20 heavy (non-hydrogen) atoms. The topological polar surface area (TPSA) is 4.93 Å². The minimum atomic E-state index is -4.33. The third-order valence-electron chi connectivity index (χ3n) is 3.40. The molecule has 102 valence electrons. The van der Waals surface area contributed by atoms with Crippen molar-refractivity contribution in [1.29, 1.82) is 0 Å². The number of rotatable bonds is 1. The van der Waals surface area contributed by atoms with Crippen LogP contribution < -0.4 is 0 Å². The molecule has 0 saturated carbocycles. The lowest BCUT2D eigenvalue weighted by molar-refractivity contribution is -0.138. The van der Waals surface area contributed by atoms with Gasteiger partial charge in [0.1, 0.15) is 0 Å². The van der Waals surface area contributed by atoms with Crippen LogP contribution in [0.25, 0.3) is 16.6 Å². The zero-order valence-electron chi connectivity index (χ0n) is 10.8. The number of hydrogen-bond acceptors (Lipinski definition) is 0. The van der Waals surface area contributed by atoms with Crippen LogP contribution in [0.5, 0.6) is 0 Å². The van der Waals surface area contributed by atoms with E-state index in [-0.39, 0.29) is 5.56 Å². The number of hydrogen-bond donors (Lipinski definition) is 0. The molecule has 0 saturated heterocycles. The molecule has 0 bridgehead atoms. The van der Waals surface area contributed by atoms with Gasteiger partial charge in [-0.3, -0.25) is 0 Å². The van der Waals surface area contributed by atoms with Gasteiger partial charge in [-0.25, -0.2) is 0 Å². The fraction of sp³-hybridized carbons (Fsp3) is 0.125. The van der Waals surface area contributed by atoms with Gasteiger partial charge >= 0.3 is 6.18 Å². The van der Waals surface area contributed by atoms with Crippen LogP contribution in [0.1, 0.15) is 11.1 Å². The monoisotopic (exact) mass is 275 g/mol. The van der Waals surface area contributed by atoms with Crippen LogP contribution in [0, 0.1) is 6.92 Å². The summed E-state index contributed by atoms with van der Waals surface area (Å²) >= 11 is 0. The van der Waals surface area contributed by atoms with Crippen LogP contribution in [-0.2, 0) is 6.18 Å². The number of para-hydroxylation sites is 1. The van der Waals surface area contributed by atoms with E-state index in [4.69, 9.17) is 0 Å². The second kappa shape index (κ2) is 4.40. The van der Waals surface area contributed by atoms with Crippen LogP contribution in [0.2, 0.25) is 0 Å². The molecule has 0 radical (unpaired) electrons. The molecule has 0 N–H and O–H groups in total. The predicted octanol–water partition coefficient (Wildman–Crippen LogP) is 4.96. The highest BCUT2D eigenvalue weighted by atomic mass is 19.4. The van der Waals surface area contributed by atoms with E-state index in [1.807, 2.05) is 30.3 Å². The van der Waals surface area contributed by atoms with Gasteiger partial charge in [0.25, 0.3) is 0 Å². The first kappa shape index (κ1) is 12.8. The van der Waals surface area contributed by atoms with E-state index in [9.17, 15) is 13.2 Å². The smallest absolute Gasteiger partial charge is 0.317 e. The van der Waals surface area contributed by atoms with E-state index in [1.54, 1.807) is 16.8 Å². The van der Waals surface area contributed by atoms with E-state index >= 15 is 0 Å². The normalized spacial score (nSPS) is 12.0. The maximum absolute atomic E-state index is 13.0. The lowest BCUT2D eigenvalue weighted by Gasteiger charge is -2.13. The lowest BCUT2D eigenvalue weighted by Crippen LogP contribution is -2.08. The van der Waals surface area contributed by atoms with Gasteiger partial charge in [-0.2, -0.15) is 13.2 Å². The largest absolute Gasteiger partial charge is 0.416 e. The van der Waals surface area contributed by atoms with Gasteiger partial charge in [-0.15, -0.1) is 0 Å². The summed E-state index contributed by atoms with van der Waals surface area (Å²) in [5.41, 5.74) is 1.05. The van der Waals surface area contributed by atoms with E-state index in [2.05, 4.69) is 0 Å². The van der Waals surface area contributed by atoms with Crippen molar-refractivity contribution in [2.75, 3.05) is 0 Å². The Bertz CT molecular complexity index is 769. The van der Waals surface area contributed by atoms with Crippen LogP contribution >= 0.6 is 0 Å². The Balaban J connectivity index is 2.20. The molecule has 0 aliphatic rings. The third kappa shape index (κ3) is 2.07. The van der Waals surface area contributed by atoms with Gasteiger partial charge in [-0.05, 0) is 42.1 Å². The van der Waals surface area contributed by atoms with Crippen molar-refractivity contribution < 1.29 is 13.2 Å². The molecule has 3 aromatic rings. The Labute approximate surface area is 114 Å². The van der Waals surface area contributed by atoms with Gasteiger partial charge in [0.2, 0.25) is 0 Å². The summed E-state index contributed by atoms with van der Waals surface area (Å²) in [6.07, 6.45) is -2.54. The molecule has 1 nitrogen and oxygen atoms in total. The van der Waals surface area contributed by atoms with Crippen molar-refractivity contribution in [3.8, 4) is 5.69 Å². The van der Waals surface area contributed by atoms with Crippen LogP contribution in [0.3, 0.4) is 0 Å². The van der Waals surface area contributed by atoms with Crippen LogP contribution in [0.15, 0.2) is 54.7 Å². The molecular weight excluding hydrogens is 263 g/mol.